The molecule has 5 nitrogen and oxygen atoms in total. The molecule has 2 fully saturated rings. The highest BCUT2D eigenvalue weighted by atomic mass is 16.5. The van der Waals surface area contributed by atoms with E-state index in [9.17, 15) is 4.79 Å². The topological polar surface area (TPSA) is 54.8 Å². The fraction of sp³-hybridized carbons (Fsp3) is 0.938. The zero-order valence-corrected chi connectivity index (χ0v) is 13.6. The molecule has 1 saturated carbocycles. The minimum absolute atomic E-state index is 0.0264. The van der Waals surface area contributed by atoms with Gasteiger partial charge in [-0.25, -0.2) is 4.79 Å². The molecular formula is C16H32N3O2+. The van der Waals surface area contributed by atoms with Crippen molar-refractivity contribution in [1.82, 2.24) is 10.6 Å². The molecule has 21 heavy (non-hydrogen) atoms. The first-order chi connectivity index (χ1) is 10.1. The van der Waals surface area contributed by atoms with Crippen molar-refractivity contribution >= 4 is 6.03 Å². The maximum absolute atomic E-state index is 11.9. The Kier molecular flexibility index (Phi) is 6.77. The van der Waals surface area contributed by atoms with Crippen LogP contribution in [0, 0.1) is 5.92 Å². The largest absolute Gasteiger partial charge is 0.365 e. The van der Waals surface area contributed by atoms with Gasteiger partial charge in [-0.3, -0.25) is 0 Å². The number of carbonyl (C=O) groups is 1. The lowest BCUT2D eigenvalue weighted by molar-refractivity contribution is -0.914. The van der Waals surface area contributed by atoms with Crippen molar-refractivity contribution in [3.8, 4) is 0 Å². The molecule has 0 aromatic rings. The monoisotopic (exact) mass is 298 g/mol. The van der Waals surface area contributed by atoms with Crippen LogP contribution in [-0.4, -0.2) is 51.0 Å². The van der Waals surface area contributed by atoms with Gasteiger partial charge in [0.15, 0.2) is 0 Å². The summed E-state index contributed by atoms with van der Waals surface area (Å²) in [4.78, 5) is 13.5. The Bertz CT molecular complexity index is 317. The highest BCUT2D eigenvalue weighted by Crippen LogP contribution is 2.17. The number of urea groups is 1. The van der Waals surface area contributed by atoms with Crippen molar-refractivity contribution in [3.05, 3.63) is 0 Å². The summed E-state index contributed by atoms with van der Waals surface area (Å²) in [7, 11) is 0. The molecule has 2 atom stereocenters. The van der Waals surface area contributed by atoms with Crippen molar-refractivity contribution in [2.45, 2.75) is 58.1 Å². The predicted molar refractivity (Wildman–Crippen MR) is 83.5 cm³/mol. The first-order valence-electron chi connectivity index (χ1n) is 8.63. The van der Waals surface area contributed by atoms with Gasteiger partial charge in [-0.05, 0) is 12.8 Å². The molecule has 0 aromatic carbocycles. The summed E-state index contributed by atoms with van der Waals surface area (Å²) in [6, 6.07) is 0.343. The highest BCUT2D eigenvalue weighted by molar-refractivity contribution is 5.74. The molecular weight excluding hydrogens is 266 g/mol. The highest BCUT2D eigenvalue weighted by Gasteiger charge is 2.25. The van der Waals surface area contributed by atoms with Crippen LogP contribution in [0.1, 0.15) is 46.0 Å². The molecule has 3 N–H and O–H groups in total. The van der Waals surface area contributed by atoms with Crippen LogP contribution in [-0.2, 0) is 4.74 Å². The molecule has 1 heterocycles. The van der Waals surface area contributed by atoms with E-state index in [1.54, 1.807) is 4.90 Å². The minimum atomic E-state index is -0.0264. The van der Waals surface area contributed by atoms with Gasteiger partial charge < -0.3 is 20.3 Å². The van der Waals surface area contributed by atoms with Crippen LogP contribution in [0.2, 0.25) is 0 Å². The van der Waals surface area contributed by atoms with E-state index in [0.29, 0.717) is 18.5 Å². The van der Waals surface area contributed by atoms with Crippen molar-refractivity contribution < 1.29 is 14.4 Å². The van der Waals surface area contributed by atoms with Crippen molar-refractivity contribution in [1.29, 1.82) is 0 Å². The van der Waals surface area contributed by atoms with E-state index in [0.717, 1.165) is 32.5 Å². The smallest absolute Gasteiger partial charge is 0.315 e. The number of amides is 2. The van der Waals surface area contributed by atoms with Crippen LogP contribution in [0.3, 0.4) is 0 Å². The van der Waals surface area contributed by atoms with E-state index >= 15 is 0 Å². The SMILES string of the molecule is CC(C)C[NH+]1CCO[C@H](CNC(=O)NC2CCCCC2)C1. The van der Waals surface area contributed by atoms with Crippen LogP contribution < -0.4 is 15.5 Å². The molecule has 1 aliphatic heterocycles. The van der Waals surface area contributed by atoms with Crippen molar-refractivity contribution in [2.75, 3.05) is 32.8 Å². The molecule has 1 unspecified atom stereocenters. The lowest BCUT2D eigenvalue weighted by Crippen LogP contribution is -3.15. The van der Waals surface area contributed by atoms with Crippen molar-refractivity contribution in [3.63, 3.8) is 0 Å². The zero-order chi connectivity index (χ0) is 15.1. The number of morpholine rings is 1. The third kappa shape index (κ3) is 6.22. The fourth-order valence-corrected chi connectivity index (χ4v) is 3.44. The summed E-state index contributed by atoms with van der Waals surface area (Å²) in [6.07, 6.45) is 6.20. The second-order valence-corrected chi connectivity index (χ2v) is 6.98. The molecule has 5 heteroatoms. The fourth-order valence-electron chi connectivity index (χ4n) is 3.44. The van der Waals surface area contributed by atoms with Gasteiger partial charge in [0.05, 0.1) is 19.7 Å². The van der Waals surface area contributed by atoms with E-state index in [1.165, 1.54) is 25.8 Å². The van der Waals surface area contributed by atoms with Gasteiger partial charge in [-0.2, -0.15) is 0 Å². The van der Waals surface area contributed by atoms with Gasteiger partial charge >= 0.3 is 6.03 Å². The Balaban J connectivity index is 1.63. The summed E-state index contributed by atoms with van der Waals surface area (Å²) >= 11 is 0. The van der Waals surface area contributed by atoms with Gasteiger partial charge in [-0.15, -0.1) is 0 Å². The van der Waals surface area contributed by atoms with Crippen molar-refractivity contribution in [2.24, 2.45) is 5.92 Å². The van der Waals surface area contributed by atoms with Gasteiger partial charge in [0.1, 0.15) is 19.2 Å². The second kappa shape index (κ2) is 8.59. The van der Waals surface area contributed by atoms with Gasteiger partial charge in [0.2, 0.25) is 0 Å². The van der Waals surface area contributed by atoms with E-state index < -0.39 is 0 Å². The van der Waals surface area contributed by atoms with E-state index in [4.69, 9.17) is 4.74 Å². The zero-order valence-electron chi connectivity index (χ0n) is 13.6. The number of hydrogen-bond acceptors (Lipinski definition) is 2. The maximum atomic E-state index is 11.9. The average Bonchev–Trinajstić information content (AvgIpc) is 2.46. The van der Waals surface area contributed by atoms with Crippen LogP contribution in [0.4, 0.5) is 4.79 Å². The van der Waals surface area contributed by atoms with E-state index in [-0.39, 0.29) is 12.1 Å². The summed E-state index contributed by atoms with van der Waals surface area (Å²) in [5.74, 6) is 0.710. The third-order valence-electron chi connectivity index (χ3n) is 4.45. The third-order valence-corrected chi connectivity index (χ3v) is 4.45. The normalized spacial score (nSPS) is 27.6. The Hall–Kier alpha value is -0.810. The molecule has 122 valence electrons. The Labute approximate surface area is 128 Å². The van der Waals surface area contributed by atoms with Gasteiger partial charge in [0, 0.05) is 12.0 Å². The minimum Gasteiger partial charge on any atom is -0.365 e. The Morgan fingerprint density at radius 1 is 1.29 bits per heavy atom. The molecule has 1 saturated heterocycles. The van der Waals surface area contributed by atoms with Crippen LogP contribution in [0.5, 0.6) is 0 Å². The van der Waals surface area contributed by atoms with E-state index in [1.807, 2.05) is 0 Å². The summed E-state index contributed by atoms with van der Waals surface area (Å²) in [6.45, 7) is 9.22. The molecule has 0 spiro atoms. The van der Waals surface area contributed by atoms with Crippen LogP contribution >= 0.6 is 0 Å². The lowest BCUT2D eigenvalue weighted by atomic mass is 9.96. The molecule has 2 rings (SSSR count). The first-order valence-corrected chi connectivity index (χ1v) is 8.63. The van der Waals surface area contributed by atoms with Gasteiger partial charge in [-0.1, -0.05) is 33.1 Å². The summed E-state index contributed by atoms with van der Waals surface area (Å²) in [5.41, 5.74) is 0. The summed E-state index contributed by atoms with van der Waals surface area (Å²) < 4.78 is 5.77. The van der Waals surface area contributed by atoms with Crippen LogP contribution in [0.25, 0.3) is 0 Å². The summed E-state index contributed by atoms with van der Waals surface area (Å²) in [5, 5.41) is 6.07. The molecule has 0 aromatic heterocycles. The number of rotatable bonds is 5. The molecule has 2 aliphatic rings. The molecule has 1 aliphatic carbocycles. The number of hydrogen-bond donors (Lipinski definition) is 3. The van der Waals surface area contributed by atoms with Gasteiger partial charge in [0.25, 0.3) is 0 Å². The molecule has 2 amide bonds. The molecule has 0 radical (unpaired) electrons. The van der Waals surface area contributed by atoms with E-state index in [2.05, 4.69) is 24.5 Å². The Morgan fingerprint density at radius 2 is 2.05 bits per heavy atom. The second-order valence-electron chi connectivity index (χ2n) is 6.98. The average molecular weight is 298 g/mol. The Morgan fingerprint density at radius 3 is 2.76 bits per heavy atom. The number of quaternary nitrogens is 1. The number of ether oxygens (including phenoxy) is 1. The quantitative estimate of drug-likeness (QED) is 0.695. The first kappa shape index (κ1) is 16.6. The van der Waals surface area contributed by atoms with Crippen LogP contribution in [0.15, 0.2) is 0 Å². The number of nitrogens with one attached hydrogen (secondary N) is 3. The maximum Gasteiger partial charge on any atom is 0.315 e. The molecule has 0 bridgehead atoms. The predicted octanol–water partition coefficient (Wildman–Crippen LogP) is 0.558. The standard InChI is InChI=1S/C16H31N3O2/c1-13(2)11-19-8-9-21-15(12-19)10-17-16(20)18-14-6-4-3-5-7-14/h13-15H,3-12H2,1-2H3,(H2,17,18,20)/p+1/t15-/m1/s1. The number of carbonyl (C=O) groups excluding carboxylic acids is 1. The lowest BCUT2D eigenvalue weighted by Gasteiger charge is -2.31.